The molecule has 1 aromatic carbocycles. The minimum atomic E-state index is -0.356. The number of hydrogen-bond donors (Lipinski definition) is 1. The van der Waals surface area contributed by atoms with Crippen molar-refractivity contribution < 1.29 is 14.0 Å². The van der Waals surface area contributed by atoms with E-state index in [4.69, 9.17) is 10.8 Å². The van der Waals surface area contributed by atoms with E-state index in [1.807, 2.05) is 38.1 Å². The minimum Gasteiger partial charge on any atom is -0.459 e. The van der Waals surface area contributed by atoms with Gasteiger partial charge < -0.3 is 14.6 Å². The largest absolute Gasteiger partial charge is 0.459 e. The Morgan fingerprint density at radius 3 is 2.61 bits per heavy atom. The van der Waals surface area contributed by atoms with Crippen molar-refractivity contribution in [3.8, 4) is 12.3 Å². The number of carbonyl (C=O) groups is 2. The van der Waals surface area contributed by atoms with Gasteiger partial charge in [-0.05, 0) is 43.2 Å². The van der Waals surface area contributed by atoms with E-state index in [-0.39, 0.29) is 24.1 Å². The highest BCUT2D eigenvalue weighted by Gasteiger charge is 2.21. The lowest BCUT2D eigenvalue weighted by atomic mass is 10.1. The van der Waals surface area contributed by atoms with E-state index in [9.17, 15) is 9.59 Å². The van der Waals surface area contributed by atoms with E-state index in [1.165, 1.54) is 17.6 Å². The highest BCUT2D eigenvalue weighted by atomic mass is 32.1. The van der Waals surface area contributed by atoms with E-state index in [1.54, 1.807) is 23.1 Å². The van der Waals surface area contributed by atoms with Gasteiger partial charge in [0.05, 0.1) is 22.7 Å². The topological polar surface area (TPSA) is 62.6 Å². The second-order valence-corrected chi connectivity index (χ2v) is 7.46. The second kappa shape index (κ2) is 8.59. The predicted octanol–water partition coefficient (Wildman–Crippen LogP) is 4.49. The smallest absolute Gasteiger partial charge is 0.291 e. The number of thiophene rings is 1. The number of furan rings is 1. The average Bonchev–Trinajstić information content (AvgIpc) is 3.32. The lowest BCUT2D eigenvalue weighted by Gasteiger charge is -2.20. The molecule has 6 heteroatoms. The molecule has 0 saturated heterocycles. The molecule has 5 nitrogen and oxygen atoms in total. The molecule has 0 atom stereocenters. The third kappa shape index (κ3) is 4.51. The molecule has 142 valence electrons. The number of benzene rings is 1. The maximum Gasteiger partial charge on any atom is 0.291 e. The molecule has 2 aromatic heterocycles. The quantitative estimate of drug-likeness (QED) is 0.629. The van der Waals surface area contributed by atoms with Crippen molar-refractivity contribution in [2.45, 2.75) is 20.4 Å². The first-order valence-corrected chi connectivity index (χ1v) is 9.53. The summed E-state index contributed by atoms with van der Waals surface area (Å²) in [6, 6.07) is 13.0. The number of aryl methyl sites for hydroxylation is 2. The molecule has 0 spiro atoms. The maximum absolute atomic E-state index is 13.1. The Balaban J connectivity index is 1.77. The lowest BCUT2D eigenvalue weighted by molar-refractivity contribution is 0.0769. The molecule has 0 fully saturated rings. The van der Waals surface area contributed by atoms with Gasteiger partial charge in [-0.1, -0.05) is 35.7 Å². The lowest BCUT2D eigenvalue weighted by Crippen LogP contribution is -2.30. The van der Waals surface area contributed by atoms with E-state index in [0.29, 0.717) is 16.4 Å². The molecule has 0 aliphatic carbocycles. The van der Waals surface area contributed by atoms with Crippen LogP contribution in [0.2, 0.25) is 0 Å². The monoisotopic (exact) mass is 392 g/mol. The van der Waals surface area contributed by atoms with Crippen LogP contribution in [-0.2, 0) is 6.54 Å². The molecule has 2 heterocycles. The van der Waals surface area contributed by atoms with Gasteiger partial charge >= 0.3 is 0 Å². The van der Waals surface area contributed by atoms with Crippen LogP contribution in [0.15, 0.2) is 53.1 Å². The summed E-state index contributed by atoms with van der Waals surface area (Å²) in [5.74, 6) is 2.26. The number of nitrogens with zero attached hydrogens (tertiary/aromatic N) is 1. The summed E-state index contributed by atoms with van der Waals surface area (Å²) in [4.78, 5) is 27.4. The van der Waals surface area contributed by atoms with Crippen molar-refractivity contribution in [1.29, 1.82) is 0 Å². The highest BCUT2D eigenvalue weighted by Crippen LogP contribution is 2.28. The Morgan fingerprint density at radius 2 is 1.96 bits per heavy atom. The van der Waals surface area contributed by atoms with Gasteiger partial charge in [0.2, 0.25) is 0 Å². The second-order valence-electron chi connectivity index (χ2n) is 6.41. The van der Waals surface area contributed by atoms with Crippen molar-refractivity contribution in [3.63, 3.8) is 0 Å². The number of amides is 2. The van der Waals surface area contributed by atoms with Crippen molar-refractivity contribution in [2.24, 2.45) is 0 Å². The van der Waals surface area contributed by atoms with Crippen molar-refractivity contribution in [3.05, 3.63) is 76.1 Å². The zero-order valence-electron chi connectivity index (χ0n) is 15.7. The minimum absolute atomic E-state index is 0.153. The summed E-state index contributed by atoms with van der Waals surface area (Å²) >= 11 is 1.23. The highest BCUT2D eigenvalue weighted by molar-refractivity contribution is 7.18. The van der Waals surface area contributed by atoms with Gasteiger partial charge in [-0.2, -0.15) is 0 Å². The van der Waals surface area contributed by atoms with Crippen LogP contribution in [0, 0.1) is 26.2 Å². The zero-order valence-corrected chi connectivity index (χ0v) is 16.5. The summed E-state index contributed by atoms with van der Waals surface area (Å²) in [5, 5.41) is 3.34. The number of carbonyl (C=O) groups excluding carboxylic acids is 2. The van der Waals surface area contributed by atoms with Gasteiger partial charge in [0.1, 0.15) is 0 Å². The fourth-order valence-corrected chi connectivity index (χ4v) is 3.74. The van der Waals surface area contributed by atoms with Gasteiger partial charge in [-0.15, -0.1) is 17.8 Å². The van der Waals surface area contributed by atoms with Gasteiger partial charge in [-0.25, -0.2) is 0 Å². The Morgan fingerprint density at radius 1 is 1.21 bits per heavy atom. The summed E-state index contributed by atoms with van der Waals surface area (Å²) in [6.07, 6.45) is 6.92. The number of anilines is 1. The van der Waals surface area contributed by atoms with Crippen molar-refractivity contribution >= 4 is 28.2 Å². The fourth-order valence-electron chi connectivity index (χ4n) is 2.70. The Bertz CT molecular complexity index is 1010. The first-order valence-electron chi connectivity index (χ1n) is 8.71. The molecular formula is C22H20N2O3S. The van der Waals surface area contributed by atoms with Crippen molar-refractivity contribution in [1.82, 2.24) is 4.90 Å². The molecule has 3 rings (SSSR count). The first kappa shape index (κ1) is 19.5. The third-order valence-corrected chi connectivity index (χ3v) is 5.30. The summed E-state index contributed by atoms with van der Waals surface area (Å²) in [7, 11) is 0. The summed E-state index contributed by atoms with van der Waals surface area (Å²) in [5.41, 5.74) is 2.95. The molecule has 0 radical (unpaired) electrons. The standard InChI is InChI=1S/C22H20N2O3S/c1-4-11-24(14-17-9-7-15(2)8-10-17)22(26)20-16(3)13-19(28-20)23-21(25)18-6-5-12-27-18/h1,5-10,12-13H,11,14H2,2-3H3,(H,23,25). The number of hydrogen-bond acceptors (Lipinski definition) is 4. The molecule has 0 aliphatic heterocycles. The number of nitrogens with one attached hydrogen (secondary N) is 1. The normalized spacial score (nSPS) is 10.3. The van der Waals surface area contributed by atoms with E-state index < -0.39 is 0 Å². The Hall–Kier alpha value is -3.30. The van der Waals surface area contributed by atoms with Crippen LogP contribution in [0.25, 0.3) is 0 Å². The molecular weight excluding hydrogens is 372 g/mol. The third-order valence-electron chi connectivity index (χ3n) is 4.16. The summed E-state index contributed by atoms with van der Waals surface area (Å²) < 4.78 is 5.09. The van der Waals surface area contributed by atoms with E-state index in [2.05, 4.69) is 11.2 Å². The molecule has 0 bridgehead atoms. The number of rotatable bonds is 6. The molecule has 28 heavy (non-hydrogen) atoms. The van der Waals surface area contributed by atoms with E-state index >= 15 is 0 Å². The van der Waals surface area contributed by atoms with E-state index in [0.717, 1.165) is 16.7 Å². The molecule has 2 amide bonds. The molecule has 1 N–H and O–H groups in total. The van der Waals surface area contributed by atoms with Gasteiger partial charge in [0.15, 0.2) is 5.76 Å². The number of terminal acetylenes is 1. The zero-order chi connectivity index (χ0) is 20.1. The predicted molar refractivity (Wildman–Crippen MR) is 110 cm³/mol. The van der Waals surface area contributed by atoms with Crippen LogP contribution in [0.4, 0.5) is 5.00 Å². The van der Waals surface area contributed by atoms with Crippen LogP contribution in [0.1, 0.15) is 36.9 Å². The van der Waals surface area contributed by atoms with Crippen LogP contribution in [-0.4, -0.2) is 23.3 Å². The molecule has 3 aromatic rings. The fraction of sp³-hybridized carbons (Fsp3) is 0.182. The maximum atomic E-state index is 13.1. The van der Waals surface area contributed by atoms with Gasteiger partial charge in [0.25, 0.3) is 11.8 Å². The first-order chi connectivity index (χ1) is 13.5. The summed E-state index contributed by atoms with van der Waals surface area (Å²) in [6.45, 7) is 4.49. The van der Waals surface area contributed by atoms with Gasteiger partial charge in [-0.3, -0.25) is 9.59 Å². The van der Waals surface area contributed by atoms with Gasteiger partial charge in [0, 0.05) is 6.54 Å². The van der Waals surface area contributed by atoms with Crippen LogP contribution in [0.3, 0.4) is 0 Å². The van der Waals surface area contributed by atoms with Crippen LogP contribution >= 0.6 is 11.3 Å². The van der Waals surface area contributed by atoms with Crippen molar-refractivity contribution in [2.75, 3.05) is 11.9 Å². The van der Waals surface area contributed by atoms with Crippen LogP contribution in [0.5, 0.6) is 0 Å². The molecule has 0 aliphatic rings. The average molecular weight is 392 g/mol. The van der Waals surface area contributed by atoms with Crippen LogP contribution < -0.4 is 5.32 Å². The molecule has 0 unspecified atom stereocenters. The Labute approximate surface area is 168 Å². The Kier molecular flexibility index (Phi) is 5.97. The molecule has 0 saturated carbocycles. The SMILES string of the molecule is C#CCN(Cc1ccc(C)cc1)C(=O)c1sc(NC(=O)c2ccco2)cc1C.